The van der Waals surface area contributed by atoms with Gasteiger partial charge in [-0.1, -0.05) is 13.0 Å². The number of aryl methyl sites for hydroxylation is 1. The van der Waals surface area contributed by atoms with Gasteiger partial charge in [-0.2, -0.15) is 22.0 Å². The van der Waals surface area contributed by atoms with Crippen molar-refractivity contribution < 1.29 is 26.7 Å². The molecule has 1 amide bonds. The standard InChI is InChI=1S/C12H12F5NO/c1-3-8-6-9(11(13,14)12(15,16)17)4-5-10(8)18-7(2)19/h4-6H,3H2,1-2H3,(H,18,19). The summed E-state index contributed by atoms with van der Waals surface area (Å²) < 4.78 is 63.1. The summed E-state index contributed by atoms with van der Waals surface area (Å²) in [5.74, 6) is -5.34. The fourth-order valence-electron chi connectivity index (χ4n) is 1.56. The molecule has 0 bridgehead atoms. The quantitative estimate of drug-likeness (QED) is 0.837. The van der Waals surface area contributed by atoms with Crippen LogP contribution < -0.4 is 5.32 Å². The van der Waals surface area contributed by atoms with Crippen LogP contribution in [0.15, 0.2) is 18.2 Å². The van der Waals surface area contributed by atoms with Gasteiger partial charge in [-0.3, -0.25) is 4.79 Å². The summed E-state index contributed by atoms with van der Waals surface area (Å²) in [6, 6.07) is 2.48. The molecule has 0 atom stereocenters. The van der Waals surface area contributed by atoms with Gasteiger partial charge in [-0.15, -0.1) is 0 Å². The second kappa shape index (κ2) is 5.14. The van der Waals surface area contributed by atoms with E-state index in [2.05, 4.69) is 5.32 Å². The largest absolute Gasteiger partial charge is 0.458 e. The lowest BCUT2D eigenvalue weighted by atomic mass is 10.0. The predicted octanol–water partition coefficient (Wildman–Crippen LogP) is 3.86. The first-order chi connectivity index (χ1) is 8.59. The van der Waals surface area contributed by atoms with Crippen LogP contribution in [0.5, 0.6) is 0 Å². The van der Waals surface area contributed by atoms with Crippen LogP contribution >= 0.6 is 0 Å². The Morgan fingerprint density at radius 2 is 1.79 bits per heavy atom. The molecule has 0 radical (unpaired) electrons. The molecule has 1 N–H and O–H groups in total. The highest BCUT2D eigenvalue weighted by atomic mass is 19.4. The lowest BCUT2D eigenvalue weighted by Crippen LogP contribution is -2.33. The van der Waals surface area contributed by atoms with Gasteiger partial charge in [0.1, 0.15) is 0 Å². The van der Waals surface area contributed by atoms with Crippen molar-refractivity contribution in [2.45, 2.75) is 32.4 Å². The summed E-state index contributed by atoms with van der Waals surface area (Å²) in [5, 5.41) is 2.38. The van der Waals surface area contributed by atoms with Gasteiger partial charge in [-0.25, -0.2) is 0 Å². The van der Waals surface area contributed by atoms with Crippen molar-refractivity contribution in [2.75, 3.05) is 5.32 Å². The predicted molar refractivity (Wildman–Crippen MR) is 60.1 cm³/mol. The van der Waals surface area contributed by atoms with Gasteiger partial charge in [0, 0.05) is 18.2 Å². The zero-order valence-electron chi connectivity index (χ0n) is 10.2. The Labute approximate surface area is 106 Å². The maximum atomic E-state index is 13.2. The Morgan fingerprint density at radius 3 is 2.21 bits per heavy atom. The number of carbonyl (C=O) groups is 1. The normalized spacial score (nSPS) is 12.4. The molecule has 0 spiro atoms. The lowest BCUT2D eigenvalue weighted by molar-refractivity contribution is -0.289. The molecule has 1 aromatic carbocycles. The Balaban J connectivity index is 3.24. The van der Waals surface area contributed by atoms with Crippen LogP contribution in [-0.4, -0.2) is 12.1 Å². The molecular weight excluding hydrogens is 269 g/mol. The number of nitrogens with one attached hydrogen (secondary N) is 1. The van der Waals surface area contributed by atoms with E-state index in [0.29, 0.717) is 6.07 Å². The van der Waals surface area contributed by atoms with Gasteiger partial charge >= 0.3 is 12.1 Å². The number of anilines is 1. The van der Waals surface area contributed by atoms with Crippen molar-refractivity contribution >= 4 is 11.6 Å². The van der Waals surface area contributed by atoms with Crippen LogP contribution in [0.3, 0.4) is 0 Å². The van der Waals surface area contributed by atoms with E-state index in [9.17, 15) is 26.7 Å². The minimum absolute atomic E-state index is 0.219. The molecule has 19 heavy (non-hydrogen) atoms. The van der Waals surface area contributed by atoms with E-state index >= 15 is 0 Å². The van der Waals surface area contributed by atoms with E-state index in [4.69, 9.17) is 0 Å². The molecule has 0 saturated heterocycles. The van der Waals surface area contributed by atoms with Gasteiger partial charge in [-0.05, 0) is 24.1 Å². The van der Waals surface area contributed by atoms with Crippen molar-refractivity contribution in [2.24, 2.45) is 0 Å². The van der Waals surface area contributed by atoms with Gasteiger partial charge in [0.15, 0.2) is 0 Å². The molecule has 1 rings (SSSR count). The summed E-state index contributed by atoms with van der Waals surface area (Å²) in [6.07, 6.45) is -5.43. The molecule has 0 aliphatic heterocycles. The Bertz CT molecular complexity index is 481. The summed E-state index contributed by atoms with van der Waals surface area (Å²) in [5.41, 5.74) is -0.681. The fourth-order valence-corrected chi connectivity index (χ4v) is 1.56. The van der Waals surface area contributed by atoms with E-state index in [1.54, 1.807) is 6.92 Å². The molecule has 7 heteroatoms. The van der Waals surface area contributed by atoms with Gasteiger partial charge in [0.2, 0.25) is 5.91 Å². The molecule has 0 aliphatic rings. The zero-order valence-corrected chi connectivity index (χ0v) is 10.2. The van der Waals surface area contributed by atoms with Gasteiger partial charge in [0.25, 0.3) is 0 Å². The number of amides is 1. The second-order valence-electron chi connectivity index (χ2n) is 3.98. The number of benzene rings is 1. The Hall–Kier alpha value is -1.66. The average Bonchev–Trinajstić information content (AvgIpc) is 2.27. The van der Waals surface area contributed by atoms with Crippen LogP contribution in [0.4, 0.5) is 27.6 Å². The minimum atomic E-state index is -5.65. The third kappa shape index (κ3) is 3.21. The molecule has 0 fully saturated rings. The van der Waals surface area contributed by atoms with Crippen molar-refractivity contribution in [1.82, 2.24) is 0 Å². The monoisotopic (exact) mass is 281 g/mol. The number of hydrogen-bond acceptors (Lipinski definition) is 1. The third-order valence-corrected chi connectivity index (χ3v) is 2.52. The van der Waals surface area contributed by atoms with Crippen LogP contribution in [0.25, 0.3) is 0 Å². The van der Waals surface area contributed by atoms with Gasteiger partial charge in [0.05, 0.1) is 0 Å². The van der Waals surface area contributed by atoms with Crippen molar-refractivity contribution in [3.05, 3.63) is 29.3 Å². The first-order valence-electron chi connectivity index (χ1n) is 5.45. The summed E-state index contributed by atoms with van der Waals surface area (Å²) in [4.78, 5) is 10.9. The van der Waals surface area contributed by atoms with Crippen molar-refractivity contribution in [3.8, 4) is 0 Å². The Morgan fingerprint density at radius 1 is 1.21 bits per heavy atom. The molecule has 106 valence electrons. The van der Waals surface area contributed by atoms with Crippen LogP contribution in [0, 0.1) is 0 Å². The SMILES string of the molecule is CCc1cc(C(F)(F)C(F)(F)F)ccc1NC(C)=O. The summed E-state index contributed by atoms with van der Waals surface area (Å²) >= 11 is 0. The number of halogens is 5. The zero-order chi connectivity index (χ0) is 14.8. The van der Waals surface area contributed by atoms with Crippen LogP contribution in [0.2, 0.25) is 0 Å². The lowest BCUT2D eigenvalue weighted by Gasteiger charge is -2.21. The maximum absolute atomic E-state index is 13.2. The molecule has 0 aliphatic carbocycles. The summed E-state index contributed by atoms with van der Waals surface area (Å²) in [7, 11) is 0. The number of carbonyl (C=O) groups excluding carboxylic acids is 1. The van der Waals surface area contributed by atoms with Crippen LogP contribution in [0.1, 0.15) is 25.0 Å². The molecule has 0 aromatic heterocycles. The van der Waals surface area contributed by atoms with Crippen molar-refractivity contribution in [1.29, 1.82) is 0 Å². The molecule has 2 nitrogen and oxygen atoms in total. The highest BCUT2D eigenvalue weighted by Crippen LogP contribution is 2.44. The van der Waals surface area contributed by atoms with E-state index in [0.717, 1.165) is 12.1 Å². The average molecular weight is 281 g/mol. The molecular formula is C12H12F5NO. The number of alkyl halides is 5. The topological polar surface area (TPSA) is 29.1 Å². The smallest absolute Gasteiger partial charge is 0.326 e. The van der Waals surface area contributed by atoms with E-state index in [1.807, 2.05) is 0 Å². The fraction of sp³-hybridized carbons (Fsp3) is 0.417. The highest BCUT2D eigenvalue weighted by molar-refractivity contribution is 5.89. The van der Waals surface area contributed by atoms with E-state index < -0.39 is 23.6 Å². The van der Waals surface area contributed by atoms with E-state index in [1.165, 1.54) is 6.92 Å². The number of hydrogen-bond donors (Lipinski definition) is 1. The maximum Gasteiger partial charge on any atom is 0.458 e. The molecule has 0 unspecified atom stereocenters. The number of rotatable bonds is 3. The van der Waals surface area contributed by atoms with E-state index in [-0.39, 0.29) is 17.7 Å². The first kappa shape index (κ1) is 15.4. The second-order valence-corrected chi connectivity index (χ2v) is 3.98. The molecule has 0 saturated carbocycles. The molecule has 1 aromatic rings. The first-order valence-corrected chi connectivity index (χ1v) is 5.45. The molecule has 0 heterocycles. The van der Waals surface area contributed by atoms with Crippen molar-refractivity contribution in [3.63, 3.8) is 0 Å². The highest BCUT2D eigenvalue weighted by Gasteiger charge is 2.58. The van der Waals surface area contributed by atoms with Crippen LogP contribution in [-0.2, 0) is 17.1 Å². The third-order valence-electron chi connectivity index (χ3n) is 2.52. The van der Waals surface area contributed by atoms with Gasteiger partial charge < -0.3 is 5.32 Å². The Kier molecular flexibility index (Phi) is 4.17. The summed E-state index contributed by atoms with van der Waals surface area (Å²) in [6.45, 7) is 2.81. The minimum Gasteiger partial charge on any atom is -0.326 e.